The van der Waals surface area contributed by atoms with Gasteiger partial charge in [0.05, 0.1) is 16.9 Å². The maximum Gasteiger partial charge on any atom is 0.250 e. The number of likely N-dealkylation sites (tertiary alicyclic amines) is 1. The van der Waals surface area contributed by atoms with Gasteiger partial charge in [0.2, 0.25) is 0 Å². The first-order valence-electron chi connectivity index (χ1n) is 6.83. The second-order valence-corrected chi connectivity index (χ2v) is 4.96. The topological polar surface area (TPSA) is 84.4 Å². The summed E-state index contributed by atoms with van der Waals surface area (Å²) in [6, 6.07) is 5.31. The number of amides is 1. The minimum atomic E-state index is -0.489. The van der Waals surface area contributed by atoms with Crippen molar-refractivity contribution in [3.8, 4) is 0 Å². The van der Waals surface area contributed by atoms with Crippen LogP contribution in [0.5, 0.6) is 0 Å². The summed E-state index contributed by atoms with van der Waals surface area (Å²) < 4.78 is 0. The summed E-state index contributed by atoms with van der Waals surface area (Å²) in [4.78, 5) is 13.7. The molecule has 1 aromatic rings. The summed E-state index contributed by atoms with van der Waals surface area (Å²) in [7, 11) is 0. The first kappa shape index (κ1) is 13.7. The summed E-state index contributed by atoms with van der Waals surface area (Å²) in [5.74, 6) is -0.489. The highest BCUT2D eigenvalue weighted by atomic mass is 16.1. The van der Waals surface area contributed by atoms with Crippen molar-refractivity contribution in [1.29, 1.82) is 0 Å². The molecule has 19 heavy (non-hydrogen) atoms. The molecule has 1 aromatic carbocycles. The molecule has 0 atom stereocenters. The first-order valence-corrected chi connectivity index (χ1v) is 6.83. The Kier molecular flexibility index (Phi) is 4.63. The standard InChI is InChI=1S/C14H22N4O/c15-13-11(14(16)19)5-4-6-12(13)17-7-10-18-8-2-1-3-9-18/h4-6,17H,1-3,7-10,15H2,(H2,16,19). The number of primary amides is 1. The van der Waals surface area contributed by atoms with E-state index in [1.54, 1.807) is 12.1 Å². The van der Waals surface area contributed by atoms with Gasteiger partial charge in [-0.25, -0.2) is 0 Å². The van der Waals surface area contributed by atoms with Gasteiger partial charge in [0.15, 0.2) is 0 Å². The smallest absolute Gasteiger partial charge is 0.250 e. The van der Waals surface area contributed by atoms with E-state index >= 15 is 0 Å². The predicted molar refractivity (Wildman–Crippen MR) is 78.2 cm³/mol. The Morgan fingerprint density at radius 1 is 1.26 bits per heavy atom. The lowest BCUT2D eigenvalue weighted by Crippen LogP contribution is -2.33. The average Bonchev–Trinajstić information content (AvgIpc) is 2.41. The van der Waals surface area contributed by atoms with Crippen LogP contribution in [0.25, 0.3) is 0 Å². The number of carbonyl (C=O) groups excluding carboxylic acids is 1. The molecule has 2 rings (SSSR count). The largest absolute Gasteiger partial charge is 0.396 e. The van der Waals surface area contributed by atoms with Crippen LogP contribution in [0.15, 0.2) is 18.2 Å². The number of para-hydroxylation sites is 1. The van der Waals surface area contributed by atoms with E-state index < -0.39 is 5.91 Å². The van der Waals surface area contributed by atoms with Gasteiger partial charge in [0.25, 0.3) is 5.91 Å². The van der Waals surface area contributed by atoms with Crippen LogP contribution >= 0.6 is 0 Å². The Bertz CT molecular complexity index is 441. The molecule has 0 saturated carbocycles. The van der Waals surface area contributed by atoms with Crippen molar-refractivity contribution in [2.24, 2.45) is 5.73 Å². The number of hydrogen-bond donors (Lipinski definition) is 3. The highest BCUT2D eigenvalue weighted by Crippen LogP contribution is 2.22. The molecular weight excluding hydrogens is 240 g/mol. The van der Waals surface area contributed by atoms with Crippen LogP contribution in [0.2, 0.25) is 0 Å². The minimum Gasteiger partial charge on any atom is -0.396 e. The third-order valence-electron chi connectivity index (χ3n) is 3.56. The molecule has 0 aliphatic carbocycles. The Hall–Kier alpha value is -1.75. The molecule has 1 aliphatic heterocycles. The van der Waals surface area contributed by atoms with E-state index in [-0.39, 0.29) is 0 Å². The fourth-order valence-electron chi connectivity index (χ4n) is 2.47. The zero-order valence-corrected chi connectivity index (χ0v) is 11.2. The normalized spacial score (nSPS) is 16.2. The zero-order valence-electron chi connectivity index (χ0n) is 11.2. The van der Waals surface area contributed by atoms with E-state index in [1.165, 1.54) is 32.4 Å². The summed E-state index contributed by atoms with van der Waals surface area (Å²) >= 11 is 0. The molecule has 0 bridgehead atoms. The third kappa shape index (κ3) is 3.61. The molecule has 1 saturated heterocycles. The molecule has 1 amide bonds. The van der Waals surface area contributed by atoms with Crippen LogP contribution in [0.4, 0.5) is 11.4 Å². The first-order chi connectivity index (χ1) is 9.18. The number of benzene rings is 1. The molecule has 0 aromatic heterocycles. The second kappa shape index (κ2) is 6.43. The number of hydrogen-bond acceptors (Lipinski definition) is 4. The number of nitrogens with zero attached hydrogens (tertiary/aromatic N) is 1. The highest BCUT2D eigenvalue weighted by Gasteiger charge is 2.11. The zero-order chi connectivity index (χ0) is 13.7. The lowest BCUT2D eigenvalue weighted by atomic mass is 10.1. The molecule has 1 fully saturated rings. The monoisotopic (exact) mass is 262 g/mol. The average molecular weight is 262 g/mol. The Morgan fingerprint density at radius 3 is 2.68 bits per heavy atom. The summed E-state index contributed by atoms with van der Waals surface area (Å²) in [5.41, 5.74) is 12.8. The van der Waals surface area contributed by atoms with E-state index in [4.69, 9.17) is 11.5 Å². The molecule has 1 aliphatic rings. The molecule has 0 unspecified atom stereocenters. The quantitative estimate of drug-likeness (QED) is 0.698. The van der Waals surface area contributed by atoms with Crippen molar-refractivity contribution >= 4 is 17.3 Å². The van der Waals surface area contributed by atoms with E-state index in [9.17, 15) is 4.79 Å². The Labute approximate surface area is 113 Å². The van der Waals surface area contributed by atoms with Crippen molar-refractivity contribution < 1.29 is 4.79 Å². The van der Waals surface area contributed by atoms with Crippen molar-refractivity contribution in [3.63, 3.8) is 0 Å². The maximum absolute atomic E-state index is 11.2. The lowest BCUT2D eigenvalue weighted by molar-refractivity contribution is 0.100. The van der Waals surface area contributed by atoms with Gasteiger partial charge in [-0.05, 0) is 38.1 Å². The highest BCUT2D eigenvalue weighted by molar-refractivity contribution is 6.00. The molecule has 0 radical (unpaired) electrons. The van der Waals surface area contributed by atoms with Gasteiger partial charge in [-0.2, -0.15) is 0 Å². The van der Waals surface area contributed by atoms with E-state index in [1.807, 2.05) is 6.07 Å². The molecule has 5 nitrogen and oxygen atoms in total. The number of nitrogens with one attached hydrogen (secondary N) is 1. The summed E-state index contributed by atoms with van der Waals surface area (Å²) in [6.07, 6.45) is 3.93. The van der Waals surface area contributed by atoms with Crippen molar-refractivity contribution in [1.82, 2.24) is 4.90 Å². The minimum absolute atomic E-state index is 0.378. The van der Waals surface area contributed by atoms with E-state index in [0.29, 0.717) is 11.3 Å². The maximum atomic E-state index is 11.2. The third-order valence-corrected chi connectivity index (χ3v) is 3.56. The number of carbonyl (C=O) groups is 1. The van der Waals surface area contributed by atoms with E-state index in [2.05, 4.69) is 10.2 Å². The molecular formula is C14H22N4O. The Morgan fingerprint density at radius 2 is 2.00 bits per heavy atom. The van der Waals surface area contributed by atoms with Gasteiger partial charge in [0.1, 0.15) is 0 Å². The van der Waals surface area contributed by atoms with Crippen molar-refractivity contribution in [2.75, 3.05) is 37.2 Å². The van der Waals surface area contributed by atoms with Gasteiger partial charge < -0.3 is 21.7 Å². The molecule has 1 heterocycles. The molecule has 5 heteroatoms. The molecule has 5 N–H and O–H groups in total. The number of nitrogens with two attached hydrogens (primary N) is 2. The predicted octanol–water partition coefficient (Wildman–Crippen LogP) is 1.27. The van der Waals surface area contributed by atoms with Crippen molar-refractivity contribution in [2.45, 2.75) is 19.3 Å². The SMILES string of the molecule is NC(=O)c1cccc(NCCN2CCCCC2)c1N. The molecule has 104 valence electrons. The molecule has 0 spiro atoms. The van der Waals surface area contributed by atoms with Crippen molar-refractivity contribution in [3.05, 3.63) is 23.8 Å². The van der Waals surface area contributed by atoms with Crippen LogP contribution < -0.4 is 16.8 Å². The second-order valence-electron chi connectivity index (χ2n) is 4.96. The van der Waals surface area contributed by atoms with Crippen LogP contribution in [0.1, 0.15) is 29.6 Å². The van der Waals surface area contributed by atoms with Gasteiger partial charge in [-0.15, -0.1) is 0 Å². The number of anilines is 2. The lowest BCUT2D eigenvalue weighted by Gasteiger charge is -2.26. The van der Waals surface area contributed by atoms with Gasteiger partial charge in [-0.1, -0.05) is 12.5 Å². The van der Waals surface area contributed by atoms with Gasteiger partial charge in [-0.3, -0.25) is 4.79 Å². The van der Waals surface area contributed by atoms with Gasteiger partial charge in [0, 0.05) is 13.1 Å². The fraction of sp³-hybridized carbons (Fsp3) is 0.500. The number of nitrogen functional groups attached to an aromatic ring is 1. The van der Waals surface area contributed by atoms with Crippen LogP contribution in [-0.4, -0.2) is 37.0 Å². The Balaban J connectivity index is 1.88. The van der Waals surface area contributed by atoms with Gasteiger partial charge >= 0.3 is 0 Å². The summed E-state index contributed by atoms with van der Waals surface area (Å²) in [6.45, 7) is 4.18. The summed E-state index contributed by atoms with van der Waals surface area (Å²) in [5, 5.41) is 3.28. The fourth-order valence-corrected chi connectivity index (χ4v) is 2.47. The van der Waals surface area contributed by atoms with Crippen LogP contribution in [-0.2, 0) is 0 Å². The number of piperidine rings is 1. The van der Waals surface area contributed by atoms with Crippen LogP contribution in [0.3, 0.4) is 0 Å². The number of rotatable bonds is 5. The van der Waals surface area contributed by atoms with Crippen LogP contribution in [0, 0.1) is 0 Å². The van der Waals surface area contributed by atoms with E-state index in [0.717, 1.165) is 18.8 Å².